The minimum Gasteiger partial charge on any atom is -0.264 e. The van der Waals surface area contributed by atoms with E-state index in [1.54, 1.807) is 0 Å². The summed E-state index contributed by atoms with van der Waals surface area (Å²) in [6.07, 6.45) is 4.72. The Bertz CT molecular complexity index is 434. The molecule has 1 aromatic rings. The summed E-state index contributed by atoms with van der Waals surface area (Å²) < 4.78 is 0. The van der Waals surface area contributed by atoms with Crippen LogP contribution in [0.5, 0.6) is 0 Å². The zero-order valence-corrected chi connectivity index (χ0v) is 9.26. The molecular weight excluding hydrogens is 198 g/mol. The van der Waals surface area contributed by atoms with Gasteiger partial charge in [-0.3, -0.25) is 4.99 Å². The van der Waals surface area contributed by atoms with E-state index in [0.717, 1.165) is 18.5 Å². The molecule has 2 aliphatic rings. The number of hydrazone groups is 1. The minimum absolute atomic E-state index is 0.669. The van der Waals surface area contributed by atoms with Crippen molar-refractivity contribution in [2.24, 2.45) is 10.1 Å². The van der Waals surface area contributed by atoms with Gasteiger partial charge < -0.3 is 0 Å². The zero-order chi connectivity index (χ0) is 10.8. The van der Waals surface area contributed by atoms with E-state index < -0.39 is 0 Å². The topological polar surface area (TPSA) is 28.0 Å². The lowest BCUT2D eigenvalue weighted by atomic mass is 9.96. The van der Waals surface area contributed by atoms with Crippen molar-refractivity contribution in [3.05, 3.63) is 30.3 Å². The number of aliphatic imine (C=N–C) groups is 1. The van der Waals surface area contributed by atoms with Crippen LogP contribution in [0.15, 0.2) is 40.4 Å². The first-order valence-electron chi connectivity index (χ1n) is 5.87. The van der Waals surface area contributed by atoms with Crippen molar-refractivity contribution in [3.63, 3.8) is 0 Å². The molecule has 0 unspecified atom stereocenters. The molecule has 1 aliphatic carbocycles. The van der Waals surface area contributed by atoms with E-state index in [1.807, 2.05) is 23.2 Å². The average Bonchev–Trinajstić information content (AvgIpc) is 2.39. The maximum Gasteiger partial charge on any atom is 0.132 e. The molecule has 3 rings (SSSR count). The highest BCUT2D eigenvalue weighted by Crippen LogP contribution is 2.21. The standard InChI is InChI=1S/C13H15N3/c1-2-6-11(7-3-1)16-10-14-12-8-4-5-9-13(12)15-16/h1-3,6-7H,4-5,8-10H2. The van der Waals surface area contributed by atoms with Crippen LogP contribution >= 0.6 is 0 Å². The second kappa shape index (κ2) is 4.08. The smallest absolute Gasteiger partial charge is 0.132 e. The molecule has 82 valence electrons. The number of anilines is 1. The van der Waals surface area contributed by atoms with Gasteiger partial charge in [-0.2, -0.15) is 5.10 Å². The summed E-state index contributed by atoms with van der Waals surface area (Å²) in [6.45, 7) is 0.669. The molecule has 1 aliphatic heterocycles. The second-order valence-corrected chi connectivity index (χ2v) is 4.24. The molecule has 1 aromatic carbocycles. The van der Waals surface area contributed by atoms with Gasteiger partial charge in [0.25, 0.3) is 0 Å². The molecule has 0 bridgehead atoms. The quantitative estimate of drug-likeness (QED) is 0.705. The van der Waals surface area contributed by atoms with Crippen molar-refractivity contribution >= 4 is 17.1 Å². The molecule has 1 fully saturated rings. The highest BCUT2D eigenvalue weighted by molar-refractivity contribution is 6.43. The Balaban J connectivity index is 1.86. The third kappa shape index (κ3) is 1.73. The normalized spacial score (nSPS) is 19.9. The van der Waals surface area contributed by atoms with Crippen LogP contribution in [-0.4, -0.2) is 18.1 Å². The number of hydrogen-bond acceptors (Lipinski definition) is 3. The van der Waals surface area contributed by atoms with Crippen molar-refractivity contribution in [2.45, 2.75) is 25.7 Å². The molecule has 16 heavy (non-hydrogen) atoms. The van der Waals surface area contributed by atoms with Gasteiger partial charge in [0, 0.05) is 0 Å². The van der Waals surface area contributed by atoms with Crippen LogP contribution in [-0.2, 0) is 0 Å². The maximum absolute atomic E-state index is 4.69. The first kappa shape index (κ1) is 9.58. The lowest BCUT2D eigenvalue weighted by Crippen LogP contribution is -2.31. The molecule has 3 nitrogen and oxygen atoms in total. The molecule has 0 amide bonds. The number of rotatable bonds is 1. The van der Waals surface area contributed by atoms with Crippen molar-refractivity contribution in [2.75, 3.05) is 11.7 Å². The minimum atomic E-state index is 0.669. The SMILES string of the molecule is c1ccc(N2CN=C3CCCCC3=N2)cc1. The van der Waals surface area contributed by atoms with Crippen molar-refractivity contribution < 1.29 is 0 Å². The highest BCUT2D eigenvalue weighted by atomic mass is 15.5. The van der Waals surface area contributed by atoms with E-state index in [4.69, 9.17) is 5.10 Å². The molecule has 3 heteroatoms. The summed E-state index contributed by atoms with van der Waals surface area (Å²) in [4.78, 5) is 4.62. The third-order valence-electron chi connectivity index (χ3n) is 3.10. The summed E-state index contributed by atoms with van der Waals surface area (Å²) in [6, 6.07) is 10.3. The largest absolute Gasteiger partial charge is 0.264 e. The second-order valence-electron chi connectivity index (χ2n) is 4.24. The number of hydrogen-bond donors (Lipinski definition) is 0. The van der Waals surface area contributed by atoms with Gasteiger partial charge in [0.2, 0.25) is 0 Å². The molecule has 0 radical (unpaired) electrons. The van der Waals surface area contributed by atoms with E-state index in [2.05, 4.69) is 17.1 Å². The van der Waals surface area contributed by atoms with Gasteiger partial charge in [0.1, 0.15) is 6.67 Å². The molecule has 0 saturated heterocycles. The lowest BCUT2D eigenvalue weighted by molar-refractivity contribution is 0.746. The van der Waals surface area contributed by atoms with E-state index in [9.17, 15) is 0 Å². The first-order chi connectivity index (χ1) is 7.93. The first-order valence-corrected chi connectivity index (χ1v) is 5.87. The third-order valence-corrected chi connectivity index (χ3v) is 3.10. The van der Waals surface area contributed by atoms with E-state index in [1.165, 1.54) is 24.3 Å². The molecule has 0 N–H and O–H groups in total. The fourth-order valence-electron chi connectivity index (χ4n) is 2.22. The number of benzene rings is 1. The van der Waals surface area contributed by atoms with E-state index in [-0.39, 0.29) is 0 Å². The van der Waals surface area contributed by atoms with Crippen LogP contribution in [0.4, 0.5) is 5.69 Å². The number of nitrogens with zero attached hydrogens (tertiary/aromatic N) is 3. The predicted molar refractivity (Wildman–Crippen MR) is 67.1 cm³/mol. The molecule has 0 spiro atoms. The Morgan fingerprint density at radius 2 is 1.69 bits per heavy atom. The Labute approximate surface area is 95.5 Å². The Morgan fingerprint density at radius 3 is 2.50 bits per heavy atom. The van der Waals surface area contributed by atoms with Crippen LogP contribution in [0.25, 0.3) is 0 Å². The fourth-order valence-corrected chi connectivity index (χ4v) is 2.22. The van der Waals surface area contributed by atoms with E-state index >= 15 is 0 Å². The Hall–Kier alpha value is -1.64. The van der Waals surface area contributed by atoms with Crippen LogP contribution in [0.3, 0.4) is 0 Å². The van der Waals surface area contributed by atoms with Crippen molar-refractivity contribution in [1.29, 1.82) is 0 Å². The summed E-state index contributed by atoms with van der Waals surface area (Å²) in [5.41, 5.74) is 3.56. The Morgan fingerprint density at radius 1 is 0.938 bits per heavy atom. The average molecular weight is 213 g/mol. The van der Waals surface area contributed by atoms with Gasteiger partial charge in [-0.1, -0.05) is 18.2 Å². The van der Waals surface area contributed by atoms with Gasteiger partial charge in [-0.15, -0.1) is 0 Å². The van der Waals surface area contributed by atoms with Gasteiger partial charge in [-0.05, 0) is 37.8 Å². The van der Waals surface area contributed by atoms with Crippen molar-refractivity contribution in [3.8, 4) is 0 Å². The summed E-state index contributed by atoms with van der Waals surface area (Å²) in [5, 5.41) is 6.68. The molecule has 0 aromatic heterocycles. The fraction of sp³-hybridized carbons (Fsp3) is 0.385. The van der Waals surface area contributed by atoms with Crippen LogP contribution in [0.1, 0.15) is 25.7 Å². The summed E-state index contributed by atoms with van der Waals surface area (Å²) in [5.74, 6) is 0. The molecule has 0 atom stereocenters. The van der Waals surface area contributed by atoms with Gasteiger partial charge >= 0.3 is 0 Å². The van der Waals surface area contributed by atoms with Crippen LogP contribution < -0.4 is 5.01 Å². The molecule has 1 heterocycles. The lowest BCUT2D eigenvalue weighted by Gasteiger charge is -2.26. The predicted octanol–water partition coefficient (Wildman–Crippen LogP) is 2.84. The van der Waals surface area contributed by atoms with Gasteiger partial charge in [-0.25, -0.2) is 5.01 Å². The van der Waals surface area contributed by atoms with E-state index in [0.29, 0.717) is 6.67 Å². The molecule has 1 saturated carbocycles. The van der Waals surface area contributed by atoms with Gasteiger partial charge in [0.05, 0.1) is 17.1 Å². The van der Waals surface area contributed by atoms with Crippen LogP contribution in [0, 0.1) is 0 Å². The summed E-state index contributed by atoms with van der Waals surface area (Å²) in [7, 11) is 0. The summed E-state index contributed by atoms with van der Waals surface area (Å²) >= 11 is 0. The Kier molecular flexibility index (Phi) is 2.44. The maximum atomic E-state index is 4.69. The number of fused-ring (bicyclic) bond motifs is 1. The van der Waals surface area contributed by atoms with Crippen LogP contribution in [0.2, 0.25) is 0 Å². The molecular formula is C13H15N3. The highest BCUT2D eigenvalue weighted by Gasteiger charge is 2.20. The monoisotopic (exact) mass is 213 g/mol. The number of para-hydroxylation sites is 1. The zero-order valence-electron chi connectivity index (χ0n) is 9.26. The van der Waals surface area contributed by atoms with Gasteiger partial charge in [0.15, 0.2) is 0 Å². The van der Waals surface area contributed by atoms with Crippen molar-refractivity contribution in [1.82, 2.24) is 0 Å².